The number of ether oxygens (including phenoxy) is 1. The van der Waals surface area contributed by atoms with Crippen LogP contribution in [0.4, 0.5) is 0 Å². The maximum absolute atomic E-state index is 5.16. The van der Waals surface area contributed by atoms with Gasteiger partial charge in [-0.1, -0.05) is 0 Å². The molecule has 0 aromatic carbocycles. The zero-order valence-corrected chi connectivity index (χ0v) is 11.4. The van der Waals surface area contributed by atoms with Gasteiger partial charge in [0, 0.05) is 45.1 Å². The molecule has 5 nitrogen and oxygen atoms in total. The highest BCUT2D eigenvalue weighted by molar-refractivity contribution is 7.80. The summed E-state index contributed by atoms with van der Waals surface area (Å²) in [5.41, 5.74) is 2.31. The summed E-state index contributed by atoms with van der Waals surface area (Å²) in [6.45, 7) is 4.32. The van der Waals surface area contributed by atoms with Crippen LogP contribution in [0.2, 0.25) is 0 Å². The number of methoxy groups -OCH3 is 1. The Kier molecular flexibility index (Phi) is 5.93. The number of nitrogens with zero attached hydrogens (tertiary/aromatic N) is 2. The Morgan fingerprint density at radius 3 is 2.88 bits per heavy atom. The molecule has 0 saturated carbocycles. The summed E-state index contributed by atoms with van der Waals surface area (Å²) in [4.78, 5) is 0. The molecule has 0 fully saturated rings. The molecule has 17 heavy (non-hydrogen) atoms. The second-order valence-electron chi connectivity index (χ2n) is 3.83. The van der Waals surface area contributed by atoms with E-state index in [4.69, 9.17) is 17.0 Å². The smallest absolute Gasteiger partial charge is 0.166 e. The van der Waals surface area contributed by atoms with Gasteiger partial charge in [-0.15, -0.1) is 0 Å². The predicted molar refractivity (Wildman–Crippen MR) is 71.9 cm³/mol. The van der Waals surface area contributed by atoms with Crippen LogP contribution in [-0.2, 0) is 18.3 Å². The largest absolute Gasteiger partial charge is 0.385 e. The first-order valence-corrected chi connectivity index (χ1v) is 6.04. The number of hydrogen-bond acceptors (Lipinski definition) is 3. The van der Waals surface area contributed by atoms with E-state index in [1.165, 1.54) is 0 Å². The van der Waals surface area contributed by atoms with E-state index < -0.39 is 0 Å². The van der Waals surface area contributed by atoms with Crippen molar-refractivity contribution in [3.8, 4) is 0 Å². The topological polar surface area (TPSA) is 51.1 Å². The van der Waals surface area contributed by atoms with Crippen LogP contribution in [-0.4, -0.2) is 35.2 Å². The molecule has 0 aliphatic rings. The number of nitrogens with one attached hydrogen (secondary N) is 2. The van der Waals surface area contributed by atoms with Gasteiger partial charge < -0.3 is 15.4 Å². The molecule has 0 aliphatic carbocycles. The summed E-state index contributed by atoms with van der Waals surface area (Å²) in [5.74, 6) is 0. The van der Waals surface area contributed by atoms with Gasteiger partial charge in [-0.05, 0) is 25.6 Å². The first-order valence-electron chi connectivity index (χ1n) is 5.63. The van der Waals surface area contributed by atoms with Crippen LogP contribution < -0.4 is 10.6 Å². The van der Waals surface area contributed by atoms with Gasteiger partial charge in [-0.2, -0.15) is 5.10 Å². The van der Waals surface area contributed by atoms with Crippen molar-refractivity contribution in [2.75, 3.05) is 20.3 Å². The lowest BCUT2D eigenvalue weighted by atomic mass is 10.2. The average molecular weight is 256 g/mol. The third kappa shape index (κ3) is 4.70. The molecule has 0 atom stereocenters. The minimum absolute atomic E-state index is 0.671. The predicted octanol–water partition coefficient (Wildman–Crippen LogP) is 0.729. The van der Waals surface area contributed by atoms with E-state index in [-0.39, 0.29) is 0 Å². The van der Waals surface area contributed by atoms with Gasteiger partial charge in [-0.25, -0.2) is 0 Å². The normalized spacial score (nSPS) is 10.3. The molecule has 1 rings (SSSR count). The van der Waals surface area contributed by atoms with E-state index in [0.717, 1.165) is 30.8 Å². The van der Waals surface area contributed by atoms with Crippen molar-refractivity contribution in [3.63, 3.8) is 0 Å². The first kappa shape index (κ1) is 13.9. The lowest BCUT2D eigenvalue weighted by Crippen LogP contribution is -2.35. The van der Waals surface area contributed by atoms with E-state index in [9.17, 15) is 0 Å². The molecular weight excluding hydrogens is 236 g/mol. The zero-order valence-electron chi connectivity index (χ0n) is 10.6. The van der Waals surface area contributed by atoms with Crippen molar-refractivity contribution < 1.29 is 4.74 Å². The summed E-state index contributed by atoms with van der Waals surface area (Å²) >= 11 is 5.16. The Labute approximate surface area is 108 Å². The van der Waals surface area contributed by atoms with Gasteiger partial charge in [-0.3, -0.25) is 4.68 Å². The van der Waals surface area contributed by atoms with Crippen LogP contribution in [0.1, 0.15) is 17.7 Å². The SMILES string of the molecule is COCCCNC(=S)NCc1cnn(C)c1C. The second kappa shape index (κ2) is 7.24. The van der Waals surface area contributed by atoms with E-state index >= 15 is 0 Å². The molecule has 6 heteroatoms. The van der Waals surface area contributed by atoms with Crippen LogP contribution in [0.15, 0.2) is 6.20 Å². The number of aryl methyl sites for hydroxylation is 1. The van der Waals surface area contributed by atoms with Crippen LogP contribution in [0.5, 0.6) is 0 Å². The zero-order chi connectivity index (χ0) is 12.7. The van der Waals surface area contributed by atoms with Crippen LogP contribution in [0, 0.1) is 6.92 Å². The Morgan fingerprint density at radius 2 is 2.29 bits per heavy atom. The molecule has 2 N–H and O–H groups in total. The van der Waals surface area contributed by atoms with Crippen molar-refractivity contribution in [1.29, 1.82) is 0 Å². The number of rotatable bonds is 6. The van der Waals surface area contributed by atoms with Gasteiger partial charge in [0.15, 0.2) is 5.11 Å². The van der Waals surface area contributed by atoms with Crippen molar-refractivity contribution in [2.24, 2.45) is 7.05 Å². The summed E-state index contributed by atoms with van der Waals surface area (Å²) in [6, 6.07) is 0. The third-order valence-corrected chi connectivity index (χ3v) is 2.88. The van der Waals surface area contributed by atoms with Gasteiger partial charge in [0.05, 0.1) is 6.20 Å². The Morgan fingerprint density at radius 1 is 1.53 bits per heavy atom. The van der Waals surface area contributed by atoms with Gasteiger partial charge >= 0.3 is 0 Å². The van der Waals surface area contributed by atoms with Gasteiger partial charge in [0.1, 0.15) is 0 Å². The number of thiocarbonyl (C=S) groups is 1. The maximum atomic E-state index is 5.16. The molecule has 0 amide bonds. The highest BCUT2D eigenvalue weighted by Gasteiger charge is 2.03. The molecule has 0 unspecified atom stereocenters. The van der Waals surface area contributed by atoms with E-state index in [1.54, 1.807) is 7.11 Å². The van der Waals surface area contributed by atoms with E-state index in [1.807, 2.05) is 24.9 Å². The molecular formula is C11H20N4OS. The molecule has 96 valence electrons. The first-order chi connectivity index (χ1) is 8.15. The second-order valence-corrected chi connectivity index (χ2v) is 4.24. The fraction of sp³-hybridized carbons (Fsp3) is 0.636. The van der Waals surface area contributed by atoms with Crippen molar-refractivity contribution in [1.82, 2.24) is 20.4 Å². The standard InChI is InChI=1S/C11H20N4OS/c1-9-10(8-14-15(9)2)7-13-11(17)12-5-4-6-16-3/h8H,4-7H2,1-3H3,(H2,12,13,17). The van der Waals surface area contributed by atoms with Crippen molar-refractivity contribution >= 4 is 17.3 Å². The Hall–Kier alpha value is -1.14. The quantitative estimate of drug-likeness (QED) is 0.580. The minimum atomic E-state index is 0.671. The summed E-state index contributed by atoms with van der Waals surface area (Å²) in [5, 5.41) is 11.1. The third-order valence-electron chi connectivity index (χ3n) is 2.59. The Bertz CT molecular complexity index is 364. The summed E-state index contributed by atoms with van der Waals surface area (Å²) in [7, 11) is 3.63. The van der Waals surface area contributed by atoms with Crippen LogP contribution in [0.25, 0.3) is 0 Å². The fourth-order valence-electron chi connectivity index (χ4n) is 1.37. The number of aromatic nitrogens is 2. The molecule has 0 bridgehead atoms. The molecule has 0 aliphatic heterocycles. The van der Waals surface area contributed by atoms with Gasteiger partial charge in [0.2, 0.25) is 0 Å². The monoisotopic (exact) mass is 256 g/mol. The fourth-order valence-corrected chi connectivity index (χ4v) is 1.55. The molecule has 1 heterocycles. The highest BCUT2D eigenvalue weighted by Crippen LogP contribution is 2.04. The van der Waals surface area contributed by atoms with Crippen LogP contribution in [0.3, 0.4) is 0 Å². The summed E-state index contributed by atoms with van der Waals surface area (Å²) in [6.07, 6.45) is 2.81. The van der Waals surface area contributed by atoms with Crippen molar-refractivity contribution in [3.05, 3.63) is 17.5 Å². The van der Waals surface area contributed by atoms with E-state index in [2.05, 4.69) is 15.7 Å². The van der Waals surface area contributed by atoms with Crippen molar-refractivity contribution in [2.45, 2.75) is 19.9 Å². The molecule has 1 aromatic rings. The molecule has 0 saturated heterocycles. The summed E-state index contributed by atoms with van der Waals surface area (Å²) < 4.78 is 6.81. The number of hydrogen-bond donors (Lipinski definition) is 2. The van der Waals surface area contributed by atoms with Gasteiger partial charge in [0.25, 0.3) is 0 Å². The lowest BCUT2D eigenvalue weighted by molar-refractivity contribution is 0.195. The van der Waals surface area contributed by atoms with E-state index in [0.29, 0.717) is 11.7 Å². The highest BCUT2D eigenvalue weighted by atomic mass is 32.1. The molecule has 0 spiro atoms. The Balaban J connectivity index is 2.22. The minimum Gasteiger partial charge on any atom is -0.385 e. The molecule has 0 radical (unpaired) electrons. The average Bonchev–Trinajstić information content (AvgIpc) is 2.63. The lowest BCUT2D eigenvalue weighted by Gasteiger charge is -2.09. The van der Waals surface area contributed by atoms with Crippen LogP contribution >= 0.6 is 12.2 Å². The maximum Gasteiger partial charge on any atom is 0.166 e. The molecule has 1 aromatic heterocycles.